The first-order valence-electron chi connectivity index (χ1n) is 14.9. The molecule has 0 bridgehead atoms. The maximum Gasteiger partial charge on any atom is 0.463 e. The van der Waals surface area contributed by atoms with E-state index in [0.29, 0.717) is 23.0 Å². The van der Waals surface area contributed by atoms with Crippen LogP contribution in [-0.4, -0.2) is 9.97 Å². The third-order valence-corrected chi connectivity index (χ3v) is 15.4. The molecular weight excluding hydrogens is 667 g/mol. The Bertz CT molecular complexity index is 2080. The number of aromatic nitrogens is 2. The Kier molecular flexibility index (Phi) is 6.87. The molecule has 0 saturated carbocycles. The maximum atomic E-state index is 6.83. The molecule has 3 aliphatic rings. The van der Waals surface area contributed by atoms with Gasteiger partial charge in [-0.25, -0.2) is 9.97 Å². The Labute approximate surface area is 275 Å². The monoisotopic (exact) mass is 691 g/mol. The zero-order chi connectivity index (χ0) is 32.0. The molecule has 5 heterocycles. The average Bonchev–Trinajstić information content (AvgIpc) is 3.31. The molecule has 11 nitrogen and oxygen atoms in total. The molecule has 0 fully saturated rings. The predicted molar refractivity (Wildman–Crippen MR) is 184 cm³/mol. The number of fused-ring (bicyclic) bond motifs is 6. The van der Waals surface area contributed by atoms with Gasteiger partial charge in [0.1, 0.15) is 23.0 Å². The molecule has 9 rings (SSSR count). The number of hydrogen-bond donors (Lipinski definition) is 0. The highest BCUT2D eigenvalue weighted by Gasteiger charge is 2.51. The topological polar surface area (TPSA) is 118 Å². The van der Waals surface area contributed by atoms with Gasteiger partial charge in [-0.3, -0.25) is 0 Å². The number of benzene rings is 4. The first-order valence-corrected chi connectivity index (χ1v) is 19.5. The fourth-order valence-corrected chi connectivity index (χ4v) is 14.4. The van der Waals surface area contributed by atoms with E-state index in [1.165, 1.54) is 0 Å². The first-order chi connectivity index (χ1) is 23.6. The molecule has 3 aliphatic heterocycles. The van der Waals surface area contributed by atoms with E-state index >= 15 is 0 Å². The summed E-state index contributed by atoms with van der Waals surface area (Å²) in [5.74, 6) is 2.44. The van der Waals surface area contributed by atoms with Crippen LogP contribution in [0.4, 0.5) is 0 Å². The fourth-order valence-electron chi connectivity index (χ4n) is 5.39. The average molecular weight is 692 g/mol. The molecular formula is C34H24N5O6P3. The van der Waals surface area contributed by atoms with Crippen molar-refractivity contribution >= 4 is 23.0 Å². The van der Waals surface area contributed by atoms with Gasteiger partial charge in [-0.15, -0.1) is 0 Å². The molecule has 236 valence electrons. The van der Waals surface area contributed by atoms with E-state index in [0.717, 1.165) is 22.3 Å². The summed E-state index contributed by atoms with van der Waals surface area (Å²) in [7, 11) is -11.7. The van der Waals surface area contributed by atoms with E-state index in [4.69, 9.17) is 40.7 Å². The smallest absolute Gasteiger partial charge is 0.413 e. The number of pyridine rings is 2. The number of para-hydroxylation sites is 4. The van der Waals surface area contributed by atoms with Crippen molar-refractivity contribution in [1.82, 2.24) is 9.97 Å². The molecule has 0 atom stereocenters. The summed E-state index contributed by atoms with van der Waals surface area (Å²) in [6.45, 7) is 0. The molecule has 14 heteroatoms. The van der Waals surface area contributed by atoms with E-state index in [2.05, 4.69) is 9.97 Å². The molecule has 0 radical (unpaired) electrons. The maximum absolute atomic E-state index is 6.83. The third kappa shape index (κ3) is 5.23. The highest BCUT2D eigenvalue weighted by Crippen LogP contribution is 2.80. The Morgan fingerprint density at radius 1 is 0.375 bits per heavy atom. The second-order valence-corrected chi connectivity index (χ2v) is 16.8. The molecule has 0 N–H and O–H groups in total. The molecule has 0 aliphatic carbocycles. The Morgan fingerprint density at radius 3 is 1.10 bits per heavy atom. The molecule has 2 aromatic heterocycles. The van der Waals surface area contributed by atoms with Crippen LogP contribution in [0, 0.1) is 0 Å². The summed E-state index contributed by atoms with van der Waals surface area (Å²) in [6.07, 6.45) is 3.21. The van der Waals surface area contributed by atoms with Crippen LogP contribution in [0.15, 0.2) is 159 Å². The lowest BCUT2D eigenvalue weighted by Crippen LogP contribution is -2.10. The lowest BCUT2D eigenvalue weighted by atomic mass is 10.0. The molecule has 48 heavy (non-hydrogen) atoms. The van der Waals surface area contributed by atoms with Gasteiger partial charge in [0.2, 0.25) is 11.8 Å². The summed E-state index contributed by atoms with van der Waals surface area (Å²) in [5.41, 5.74) is 3.24. The number of nitrogens with zero attached hydrogens (tertiary/aromatic N) is 5. The van der Waals surface area contributed by atoms with E-state index < -0.39 is 23.0 Å². The largest absolute Gasteiger partial charge is 0.463 e. The quantitative estimate of drug-likeness (QED) is 0.168. The minimum atomic E-state index is -3.96. The second kappa shape index (κ2) is 11.4. The van der Waals surface area contributed by atoms with Gasteiger partial charge in [0.25, 0.3) is 0 Å². The molecule has 0 amide bonds. The minimum Gasteiger partial charge on any atom is -0.413 e. The lowest BCUT2D eigenvalue weighted by Gasteiger charge is -2.31. The van der Waals surface area contributed by atoms with Crippen molar-refractivity contribution in [1.29, 1.82) is 0 Å². The molecule has 4 aromatic carbocycles. The van der Waals surface area contributed by atoms with Crippen molar-refractivity contribution in [3.63, 3.8) is 0 Å². The van der Waals surface area contributed by atoms with Crippen molar-refractivity contribution in [2.75, 3.05) is 0 Å². The summed E-state index contributed by atoms with van der Waals surface area (Å²) in [5, 5.41) is 0. The van der Waals surface area contributed by atoms with Gasteiger partial charge >= 0.3 is 23.0 Å². The highest BCUT2D eigenvalue weighted by molar-refractivity contribution is 7.79. The normalized spacial score (nSPS) is 16.8. The van der Waals surface area contributed by atoms with Crippen molar-refractivity contribution < 1.29 is 27.1 Å². The standard InChI is InChI=1S/C34H24N5O6P3/c1-5-17-29-25(13-1)26-14-2-6-18-30(26)41-46(40-29)37-47(42-31-19-7-3-15-27(31)28-16-4-8-20-32(28)43-47)39-48(38-46,44-33-21-9-11-23-35-33)45-34-22-10-12-24-36-34/h1-24H. The van der Waals surface area contributed by atoms with Crippen molar-refractivity contribution in [3.8, 4) is 57.0 Å². The molecule has 0 saturated heterocycles. The Balaban J connectivity index is 1.38. The SMILES string of the molecule is c1ccc(OP2(Oc3ccccn3)=NP3(=NP4(=N2)Oc2ccccc2-c2ccccc2O4)Oc2ccccc2-c2ccccc2O3)nc1. The van der Waals surface area contributed by atoms with E-state index in [-0.39, 0.29) is 11.8 Å². The predicted octanol–water partition coefficient (Wildman–Crippen LogP) is 11.1. The van der Waals surface area contributed by atoms with Crippen LogP contribution in [0.3, 0.4) is 0 Å². The van der Waals surface area contributed by atoms with E-state index in [9.17, 15) is 0 Å². The highest BCUT2D eigenvalue weighted by atomic mass is 31.3. The molecule has 6 aromatic rings. The van der Waals surface area contributed by atoms with Crippen LogP contribution in [0.2, 0.25) is 0 Å². The third-order valence-electron chi connectivity index (χ3n) is 7.38. The summed E-state index contributed by atoms with van der Waals surface area (Å²) in [4.78, 5) is 8.85. The second-order valence-electron chi connectivity index (χ2n) is 10.6. The van der Waals surface area contributed by atoms with Gasteiger partial charge < -0.3 is 27.1 Å². The van der Waals surface area contributed by atoms with Gasteiger partial charge in [-0.05, 0) is 36.4 Å². The van der Waals surface area contributed by atoms with Crippen LogP contribution >= 0.6 is 23.0 Å². The van der Waals surface area contributed by atoms with E-state index in [1.807, 2.05) is 97.1 Å². The summed E-state index contributed by atoms with van der Waals surface area (Å²) in [6, 6.07) is 41.0. The van der Waals surface area contributed by atoms with Crippen LogP contribution in [-0.2, 0) is 0 Å². The lowest BCUT2D eigenvalue weighted by molar-refractivity contribution is 0.438. The number of rotatable bonds is 4. The fraction of sp³-hybridized carbons (Fsp3) is 0. The number of hydrogen-bond acceptors (Lipinski definition) is 11. The van der Waals surface area contributed by atoms with Gasteiger partial charge in [-0.2, -0.15) is 0 Å². The minimum absolute atomic E-state index is 0.207. The van der Waals surface area contributed by atoms with Crippen LogP contribution in [0.5, 0.6) is 34.8 Å². The van der Waals surface area contributed by atoms with Gasteiger partial charge in [0, 0.05) is 46.8 Å². The molecule has 0 unspecified atom stereocenters. The summed E-state index contributed by atoms with van der Waals surface area (Å²) < 4.78 is 56.0. The molecule has 2 spiro atoms. The first kappa shape index (κ1) is 28.9. The van der Waals surface area contributed by atoms with Gasteiger partial charge in [0.15, 0.2) is 0 Å². The van der Waals surface area contributed by atoms with Crippen molar-refractivity contribution in [2.24, 2.45) is 13.5 Å². The zero-order valence-corrected chi connectivity index (χ0v) is 27.6. The van der Waals surface area contributed by atoms with Crippen LogP contribution < -0.4 is 27.1 Å². The Morgan fingerprint density at radius 2 is 0.729 bits per heavy atom. The van der Waals surface area contributed by atoms with Crippen LogP contribution in [0.25, 0.3) is 22.3 Å². The zero-order valence-electron chi connectivity index (χ0n) is 24.9. The van der Waals surface area contributed by atoms with Crippen LogP contribution in [0.1, 0.15) is 0 Å². The van der Waals surface area contributed by atoms with Crippen molar-refractivity contribution in [2.45, 2.75) is 0 Å². The van der Waals surface area contributed by atoms with Crippen molar-refractivity contribution in [3.05, 3.63) is 146 Å². The van der Waals surface area contributed by atoms with Gasteiger partial charge in [-0.1, -0.05) is 98.5 Å². The Hall–Kier alpha value is -5.33. The summed E-state index contributed by atoms with van der Waals surface area (Å²) >= 11 is 0. The van der Waals surface area contributed by atoms with Gasteiger partial charge in [0.05, 0.1) is 0 Å². The van der Waals surface area contributed by atoms with E-state index in [1.54, 1.807) is 48.8 Å².